The Morgan fingerprint density at radius 1 is 1.32 bits per heavy atom. The topological polar surface area (TPSA) is 94.0 Å². The molecule has 1 aromatic carbocycles. The highest BCUT2D eigenvalue weighted by molar-refractivity contribution is 5.90. The van der Waals surface area contributed by atoms with Crippen LogP contribution < -0.4 is 10.6 Å². The Morgan fingerprint density at radius 3 is 2.68 bits per heavy atom. The molecule has 0 bridgehead atoms. The SMILES string of the molecule is O=C(O)N[C@@H]1CC[C@@H](c2cccc(F)c2F)CN/C1=N\CC(O)CC(F)(F)F. The Labute approximate surface area is 157 Å². The van der Waals surface area contributed by atoms with Crippen molar-refractivity contribution in [3.63, 3.8) is 0 Å². The van der Waals surface area contributed by atoms with E-state index >= 15 is 0 Å². The highest BCUT2D eigenvalue weighted by atomic mass is 19.4. The summed E-state index contributed by atoms with van der Waals surface area (Å²) in [5.74, 6) is -2.46. The summed E-state index contributed by atoms with van der Waals surface area (Å²) in [7, 11) is 0. The van der Waals surface area contributed by atoms with Crippen molar-refractivity contribution in [2.45, 2.75) is 43.5 Å². The van der Waals surface area contributed by atoms with E-state index in [1.807, 2.05) is 0 Å². The van der Waals surface area contributed by atoms with Gasteiger partial charge in [-0.15, -0.1) is 0 Å². The third-order valence-electron chi connectivity index (χ3n) is 4.32. The first-order chi connectivity index (χ1) is 13.1. The number of amidine groups is 1. The number of aliphatic hydroxyl groups excluding tert-OH is 1. The molecule has 1 aromatic rings. The third kappa shape index (κ3) is 6.32. The molecule has 156 valence electrons. The van der Waals surface area contributed by atoms with Gasteiger partial charge in [-0.05, 0) is 24.5 Å². The molecule has 11 heteroatoms. The first-order valence-corrected chi connectivity index (χ1v) is 8.53. The van der Waals surface area contributed by atoms with Crippen molar-refractivity contribution in [3.05, 3.63) is 35.4 Å². The van der Waals surface area contributed by atoms with E-state index in [0.29, 0.717) is 0 Å². The Bertz CT molecular complexity index is 726. The fourth-order valence-electron chi connectivity index (χ4n) is 3.05. The number of carbonyl (C=O) groups is 1. The lowest BCUT2D eigenvalue weighted by atomic mass is 9.93. The van der Waals surface area contributed by atoms with Crippen LogP contribution in [-0.2, 0) is 0 Å². The van der Waals surface area contributed by atoms with Gasteiger partial charge in [0, 0.05) is 12.5 Å². The molecule has 0 spiro atoms. The molecule has 1 saturated heterocycles. The van der Waals surface area contributed by atoms with Crippen LogP contribution in [0.5, 0.6) is 0 Å². The lowest BCUT2D eigenvalue weighted by Gasteiger charge is -2.18. The van der Waals surface area contributed by atoms with E-state index < -0.39 is 54.9 Å². The van der Waals surface area contributed by atoms with Gasteiger partial charge in [-0.3, -0.25) is 4.99 Å². The number of nitrogens with zero attached hydrogens (tertiary/aromatic N) is 1. The highest BCUT2D eigenvalue weighted by Crippen LogP contribution is 2.27. The summed E-state index contributed by atoms with van der Waals surface area (Å²) in [5.41, 5.74) is 0.111. The molecule has 1 heterocycles. The number of benzene rings is 1. The minimum atomic E-state index is -4.56. The van der Waals surface area contributed by atoms with Crippen LogP contribution in [0, 0.1) is 11.6 Å². The lowest BCUT2D eigenvalue weighted by Crippen LogP contribution is -2.45. The lowest BCUT2D eigenvalue weighted by molar-refractivity contribution is -0.152. The van der Waals surface area contributed by atoms with E-state index in [1.54, 1.807) is 0 Å². The molecule has 2 rings (SSSR count). The number of hydrogen-bond acceptors (Lipinski definition) is 3. The Kier molecular flexibility index (Phi) is 7.17. The standard InChI is InChI=1S/C17H20F5N3O3/c18-12-3-1-2-11(14(12)19)9-4-5-13(25-16(27)28)15(23-7-9)24-8-10(26)6-17(20,21)22/h1-3,9-10,13,25-26H,4-8H2,(H,23,24)(H,27,28)/t9-,10?,13-/m1/s1. The molecule has 0 radical (unpaired) electrons. The van der Waals surface area contributed by atoms with E-state index in [2.05, 4.69) is 15.6 Å². The predicted octanol–water partition coefficient (Wildman–Crippen LogP) is 2.78. The number of hydrogen-bond donors (Lipinski definition) is 4. The number of aliphatic hydroxyl groups is 1. The van der Waals surface area contributed by atoms with Gasteiger partial charge in [-0.2, -0.15) is 13.2 Å². The maximum Gasteiger partial charge on any atom is 0.405 e. The quantitative estimate of drug-likeness (QED) is 0.563. The number of aliphatic imine (C=N–C) groups is 1. The van der Waals surface area contributed by atoms with Gasteiger partial charge in [0.05, 0.1) is 25.1 Å². The summed E-state index contributed by atoms with van der Waals surface area (Å²) in [6.45, 7) is -0.509. The van der Waals surface area contributed by atoms with Crippen LogP contribution in [0.3, 0.4) is 0 Å². The molecule has 3 atom stereocenters. The summed E-state index contributed by atoms with van der Waals surface area (Å²) < 4.78 is 64.5. The molecular formula is C17H20F5N3O3. The van der Waals surface area contributed by atoms with E-state index in [1.165, 1.54) is 12.1 Å². The van der Waals surface area contributed by atoms with E-state index in [4.69, 9.17) is 5.11 Å². The maximum atomic E-state index is 14.1. The Hall–Kier alpha value is -2.43. The second kappa shape index (κ2) is 9.18. The van der Waals surface area contributed by atoms with Gasteiger partial charge in [0.2, 0.25) is 0 Å². The van der Waals surface area contributed by atoms with Crippen LogP contribution in [0.1, 0.15) is 30.7 Å². The highest BCUT2D eigenvalue weighted by Gasteiger charge is 2.32. The minimum absolute atomic E-state index is 0.0444. The molecule has 0 aliphatic carbocycles. The minimum Gasteiger partial charge on any atom is -0.465 e. The fourth-order valence-corrected chi connectivity index (χ4v) is 3.05. The Balaban J connectivity index is 2.16. The smallest absolute Gasteiger partial charge is 0.405 e. The van der Waals surface area contributed by atoms with Gasteiger partial charge in [0.15, 0.2) is 11.6 Å². The molecular weight excluding hydrogens is 389 g/mol. The normalized spacial score (nSPS) is 23.0. The van der Waals surface area contributed by atoms with Gasteiger partial charge in [0.25, 0.3) is 0 Å². The first kappa shape index (κ1) is 21.9. The van der Waals surface area contributed by atoms with Crippen molar-refractivity contribution >= 4 is 11.9 Å². The van der Waals surface area contributed by atoms with Crippen molar-refractivity contribution in [1.29, 1.82) is 0 Å². The van der Waals surface area contributed by atoms with Gasteiger partial charge >= 0.3 is 12.3 Å². The number of halogens is 5. The van der Waals surface area contributed by atoms with Gasteiger partial charge in [-0.25, -0.2) is 13.6 Å². The van der Waals surface area contributed by atoms with Crippen molar-refractivity contribution in [3.8, 4) is 0 Å². The number of nitrogens with one attached hydrogen (secondary N) is 2. The number of amides is 1. The summed E-state index contributed by atoms with van der Waals surface area (Å²) >= 11 is 0. The first-order valence-electron chi connectivity index (χ1n) is 8.53. The van der Waals surface area contributed by atoms with Crippen molar-refractivity contribution in [2.75, 3.05) is 13.1 Å². The average molecular weight is 409 g/mol. The molecule has 1 unspecified atom stereocenters. The molecule has 4 N–H and O–H groups in total. The predicted molar refractivity (Wildman–Crippen MR) is 90.3 cm³/mol. The summed E-state index contributed by atoms with van der Waals surface area (Å²) in [4.78, 5) is 14.9. The number of rotatable bonds is 5. The van der Waals surface area contributed by atoms with E-state index in [-0.39, 0.29) is 30.8 Å². The molecule has 6 nitrogen and oxygen atoms in total. The van der Waals surface area contributed by atoms with Crippen LogP contribution >= 0.6 is 0 Å². The monoisotopic (exact) mass is 409 g/mol. The Morgan fingerprint density at radius 2 is 2.04 bits per heavy atom. The van der Waals surface area contributed by atoms with E-state index in [9.17, 15) is 31.9 Å². The molecule has 28 heavy (non-hydrogen) atoms. The van der Waals surface area contributed by atoms with Crippen LogP contribution in [0.25, 0.3) is 0 Å². The van der Waals surface area contributed by atoms with Crippen LogP contribution in [0.15, 0.2) is 23.2 Å². The number of alkyl halides is 3. The second-order valence-electron chi connectivity index (χ2n) is 6.50. The zero-order valence-electron chi connectivity index (χ0n) is 14.6. The summed E-state index contributed by atoms with van der Waals surface area (Å²) in [6.07, 6.45) is -8.71. The molecule has 0 saturated carbocycles. The fraction of sp³-hybridized carbons (Fsp3) is 0.529. The molecule has 0 aromatic heterocycles. The number of carboxylic acid groups (broad SMARTS) is 1. The molecule has 1 aliphatic rings. The van der Waals surface area contributed by atoms with Crippen molar-refractivity contribution in [2.24, 2.45) is 4.99 Å². The van der Waals surface area contributed by atoms with Crippen molar-refractivity contribution in [1.82, 2.24) is 10.6 Å². The van der Waals surface area contributed by atoms with Gasteiger partial charge < -0.3 is 20.8 Å². The molecule has 1 amide bonds. The van der Waals surface area contributed by atoms with Gasteiger partial charge in [0.1, 0.15) is 5.84 Å². The van der Waals surface area contributed by atoms with Crippen LogP contribution in [-0.4, -0.2) is 53.6 Å². The van der Waals surface area contributed by atoms with Gasteiger partial charge in [-0.1, -0.05) is 12.1 Å². The maximum absolute atomic E-state index is 14.1. The summed E-state index contributed by atoms with van der Waals surface area (Å²) in [6, 6.07) is 2.87. The largest absolute Gasteiger partial charge is 0.465 e. The zero-order valence-corrected chi connectivity index (χ0v) is 14.6. The second-order valence-corrected chi connectivity index (χ2v) is 6.50. The van der Waals surface area contributed by atoms with Crippen LogP contribution in [0.2, 0.25) is 0 Å². The molecule has 1 aliphatic heterocycles. The van der Waals surface area contributed by atoms with Crippen LogP contribution in [0.4, 0.5) is 26.7 Å². The molecule has 1 fully saturated rings. The van der Waals surface area contributed by atoms with Crippen molar-refractivity contribution < 1.29 is 37.0 Å². The zero-order chi connectivity index (χ0) is 20.9. The third-order valence-corrected chi connectivity index (χ3v) is 4.32. The average Bonchev–Trinajstić information content (AvgIpc) is 2.76. The summed E-state index contributed by atoms with van der Waals surface area (Å²) in [5, 5.41) is 23.4. The van der Waals surface area contributed by atoms with E-state index in [0.717, 1.165) is 6.07 Å².